The van der Waals surface area contributed by atoms with E-state index in [0.29, 0.717) is 5.92 Å². The van der Waals surface area contributed by atoms with E-state index < -0.39 is 0 Å². The molecule has 0 saturated heterocycles. The predicted molar refractivity (Wildman–Crippen MR) is 104 cm³/mol. The summed E-state index contributed by atoms with van der Waals surface area (Å²) in [4.78, 5) is 4.13. The highest BCUT2D eigenvalue weighted by atomic mass is 16.5. The molecular weight excluding hydrogens is 338 g/mol. The van der Waals surface area contributed by atoms with Gasteiger partial charge in [-0.25, -0.2) is 4.98 Å². The zero-order valence-corrected chi connectivity index (χ0v) is 16.1. The van der Waals surface area contributed by atoms with E-state index >= 15 is 0 Å². The lowest BCUT2D eigenvalue weighted by Crippen LogP contribution is -2.37. The summed E-state index contributed by atoms with van der Waals surface area (Å²) >= 11 is 0. The van der Waals surface area contributed by atoms with Crippen molar-refractivity contribution in [3.05, 3.63) is 71.8 Å². The largest absolute Gasteiger partial charge is 0.497 e. The Bertz CT molecular complexity index is 906. The van der Waals surface area contributed by atoms with Crippen LogP contribution in [0.4, 0.5) is 0 Å². The fraction of sp³-hybridized carbons (Fsp3) is 0.364. The van der Waals surface area contributed by atoms with E-state index in [4.69, 9.17) is 9.47 Å². The second-order valence-electron chi connectivity index (χ2n) is 7.38. The van der Waals surface area contributed by atoms with E-state index in [2.05, 4.69) is 59.5 Å². The topological polar surface area (TPSA) is 49.2 Å². The summed E-state index contributed by atoms with van der Waals surface area (Å²) in [5.74, 6) is 2.10. The first-order valence-corrected chi connectivity index (χ1v) is 9.28. The minimum absolute atomic E-state index is 0.000189. The van der Waals surface area contributed by atoms with Crippen molar-refractivity contribution in [1.29, 1.82) is 0 Å². The number of rotatable bonds is 5. The van der Waals surface area contributed by atoms with Crippen molar-refractivity contribution >= 4 is 0 Å². The molecule has 4 rings (SSSR count). The van der Waals surface area contributed by atoms with Crippen molar-refractivity contribution in [2.24, 2.45) is 0 Å². The molecule has 0 aliphatic heterocycles. The second-order valence-corrected chi connectivity index (χ2v) is 7.38. The zero-order chi connectivity index (χ0) is 18.9. The molecule has 1 aliphatic carbocycles. The molecule has 1 aromatic heterocycles. The Labute approximate surface area is 160 Å². The maximum Gasteiger partial charge on any atom is 0.137 e. The number of methoxy groups -OCH3 is 2. The lowest BCUT2D eigenvalue weighted by atomic mass is 9.61. The molecule has 5 heteroatoms. The maximum absolute atomic E-state index is 5.44. The number of ether oxygens (including phenoxy) is 2. The normalized spacial score (nSPS) is 21.5. The number of hydrogen-bond donors (Lipinski definition) is 0. The van der Waals surface area contributed by atoms with E-state index in [-0.39, 0.29) is 5.41 Å². The number of aryl methyl sites for hydroxylation is 1. The zero-order valence-electron chi connectivity index (χ0n) is 16.1. The lowest BCUT2D eigenvalue weighted by molar-refractivity contribution is 0.289. The Morgan fingerprint density at radius 3 is 2.48 bits per heavy atom. The molecule has 0 radical (unpaired) electrons. The van der Waals surface area contributed by atoms with Gasteiger partial charge >= 0.3 is 0 Å². The Morgan fingerprint density at radius 2 is 1.81 bits per heavy atom. The van der Waals surface area contributed by atoms with Gasteiger partial charge in [0.1, 0.15) is 24.2 Å². The molecule has 27 heavy (non-hydrogen) atoms. The number of benzene rings is 2. The van der Waals surface area contributed by atoms with Crippen LogP contribution in [0.1, 0.15) is 36.0 Å². The molecule has 0 fully saturated rings. The molecule has 0 saturated carbocycles. The van der Waals surface area contributed by atoms with Crippen molar-refractivity contribution in [2.45, 2.75) is 37.6 Å². The van der Waals surface area contributed by atoms with Crippen LogP contribution in [0.3, 0.4) is 0 Å². The summed E-state index contributed by atoms with van der Waals surface area (Å²) in [7, 11) is 3.42. The highest BCUT2D eigenvalue weighted by Gasteiger charge is 2.41. The van der Waals surface area contributed by atoms with Crippen LogP contribution in [0.2, 0.25) is 0 Å². The molecule has 0 N–H and O–H groups in total. The summed E-state index contributed by atoms with van der Waals surface area (Å²) < 4.78 is 12.7. The summed E-state index contributed by atoms with van der Waals surface area (Å²) in [5, 5.41) is 4.36. The first kappa shape index (κ1) is 17.6. The minimum Gasteiger partial charge on any atom is -0.497 e. The van der Waals surface area contributed by atoms with Gasteiger partial charge in [-0.3, -0.25) is 4.68 Å². The molecule has 3 aromatic rings. The summed E-state index contributed by atoms with van der Waals surface area (Å²) in [6, 6.07) is 15.0. The molecule has 2 atom stereocenters. The predicted octanol–water partition coefficient (Wildman–Crippen LogP) is 3.98. The lowest BCUT2D eigenvalue weighted by Gasteiger charge is -2.43. The van der Waals surface area contributed by atoms with Gasteiger partial charge in [-0.15, -0.1) is 0 Å². The highest BCUT2D eigenvalue weighted by Crippen LogP contribution is 2.49. The van der Waals surface area contributed by atoms with Gasteiger partial charge in [0.2, 0.25) is 0 Å². The Kier molecular flexibility index (Phi) is 4.60. The first-order chi connectivity index (χ1) is 13.1. The first-order valence-electron chi connectivity index (χ1n) is 9.28. The molecule has 2 unspecified atom stereocenters. The third kappa shape index (κ3) is 3.18. The van der Waals surface area contributed by atoms with Gasteiger partial charge in [-0.1, -0.05) is 25.1 Å². The molecule has 140 valence electrons. The van der Waals surface area contributed by atoms with Crippen molar-refractivity contribution in [1.82, 2.24) is 14.8 Å². The fourth-order valence-corrected chi connectivity index (χ4v) is 4.31. The quantitative estimate of drug-likeness (QED) is 0.688. The Morgan fingerprint density at radius 1 is 1.07 bits per heavy atom. The van der Waals surface area contributed by atoms with Crippen LogP contribution in [0.15, 0.2) is 55.1 Å². The van der Waals surface area contributed by atoms with Crippen LogP contribution in [0.5, 0.6) is 11.5 Å². The fourth-order valence-electron chi connectivity index (χ4n) is 4.31. The molecule has 0 bridgehead atoms. The van der Waals surface area contributed by atoms with Crippen molar-refractivity contribution < 1.29 is 9.47 Å². The molecule has 1 aliphatic rings. The van der Waals surface area contributed by atoms with E-state index in [0.717, 1.165) is 30.9 Å². The number of hydrogen-bond acceptors (Lipinski definition) is 4. The van der Waals surface area contributed by atoms with Crippen LogP contribution < -0.4 is 9.47 Å². The van der Waals surface area contributed by atoms with Crippen LogP contribution in [0.25, 0.3) is 0 Å². The van der Waals surface area contributed by atoms with Crippen LogP contribution >= 0.6 is 0 Å². The van der Waals surface area contributed by atoms with Crippen LogP contribution in [0, 0.1) is 0 Å². The third-order valence-electron chi connectivity index (χ3n) is 5.99. The summed E-state index contributed by atoms with van der Waals surface area (Å²) in [5.41, 5.74) is 4.07. The molecule has 0 amide bonds. The Balaban J connectivity index is 1.78. The van der Waals surface area contributed by atoms with Crippen molar-refractivity contribution in [3.8, 4) is 11.5 Å². The third-order valence-corrected chi connectivity index (χ3v) is 5.99. The van der Waals surface area contributed by atoms with E-state index in [1.165, 1.54) is 16.7 Å². The molecule has 2 aromatic carbocycles. The molecule has 0 spiro atoms. The number of fused-ring (bicyclic) bond motifs is 1. The van der Waals surface area contributed by atoms with Gasteiger partial charge in [-0.2, -0.15) is 5.10 Å². The van der Waals surface area contributed by atoms with Gasteiger partial charge in [0.25, 0.3) is 0 Å². The average Bonchev–Trinajstić information content (AvgIpc) is 3.23. The maximum atomic E-state index is 5.44. The van der Waals surface area contributed by atoms with Gasteiger partial charge in [0.05, 0.1) is 20.8 Å². The van der Waals surface area contributed by atoms with Crippen molar-refractivity contribution in [3.63, 3.8) is 0 Å². The standard InChI is InChI=1S/C22H25N3O2/c1-22(17-4-6-18(26-2)7-5-17)11-10-16-12-19(27-3)8-9-20(16)21(22)13-25-15-23-14-24-25/h4-9,12,14-15,21H,10-11,13H2,1-3H3. The molecule has 1 heterocycles. The molecular formula is C22H25N3O2. The van der Waals surface area contributed by atoms with Crippen molar-refractivity contribution in [2.75, 3.05) is 14.2 Å². The van der Waals surface area contributed by atoms with Gasteiger partial charge < -0.3 is 9.47 Å². The summed E-state index contributed by atoms with van der Waals surface area (Å²) in [6.07, 6.45) is 5.50. The minimum atomic E-state index is -0.000189. The SMILES string of the molecule is COc1ccc(C2(C)CCc3cc(OC)ccc3C2Cn2cncn2)cc1. The Hall–Kier alpha value is -2.82. The smallest absolute Gasteiger partial charge is 0.137 e. The van der Waals surface area contributed by atoms with E-state index in [1.807, 2.05) is 4.68 Å². The highest BCUT2D eigenvalue weighted by molar-refractivity contribution is 5.45. The van der Waals surface area contributed by atoms with Gasteiger partial charge in [0, 0.05) is 11.3 Å². The average molecular weight is 363 g/mol. The molecule has 5 nitrogen and oxygen atoms in total. The number of nitrogens with zero attached hydrogens (tertiary/aromatic N) is 3. The van der Waals surface area contributed by atoms with Gasteiger partial charge in [0.15, 0.2) is 0 Å². The van der Waals surface area contributed by atoms with Gasteiger partial charge in [-0.05, 0) is 53.8 Å². The van der Waals surface area contributed by atoms with Crippen LogP contribution in [-0.4, -0.2) is 29.0 Å². The van der Waals surface area contributed by atoms with E-state index in [9.17, 15) is 0 Å². The summed E-state index contributed by atoms with van der Waals surface area (Å²) in [6.45, 7) is 3.16. The monoisotopic (exact) mass is 363 g/mol. The second kappa shape index (κ2) is 7.06. The van der Waals surface area contributed by atoms with E-state index in [1.54, 1.807) is 26.9 Å². The van der Waals surface area contributed by atoms with Crippen LogP contribution in [-0.2, 0) is 18.4 Å². The number of aromatic nitrogens is 3.